The van der Waals surface area contributed by atoms with E-state index in [2.05, 4.69) is 10.8 Å². The number of hydrogen-bond donors (Lipinski definition) is 2. The Morgan fingerprint density at radius 1 is 1.15 bits per heavy atom. The van der Waals surface area contributed by atoms with E-state index >= 15 is 0 Å². The molecule has 0 aliphatic rings. The van der Waals surface area contributed by atoms with Crippen molar-refractivity contribution in [1.82, 2.24) is 5.43 Å². The summed E-state index contributed by atoms with van der Waals surface area (Å²) in [5.74, 6) is 0. The number of alkyl halides is 6. The first-order valence-corrected chi connectivity index (χ1v) is 4.89. The largest absolute Gasteiger partial charge is 0.417 e. The van der Waals surface area contributed by atoms with E-state index in [1.807, 2.05) is 0 Å². The van der Waals surface area contributed by atoms with Gasteiger partial charge in [-0.15, -0.1) is 0 Å². The highest BCUT2D eigenvalue weighted by molar-refractivity contribution is 5.83. The van der Waals surface area contributed by atoms with E-state index in [4.69, 9.17) is 0 Å². The molecule has 1 rings (SSSR count). The zero-order chi connectivity index (χ0) is 15.6. The SMILES string of the molecule is NC(=O)NN=Cc1cc(C(F)(F)F)ccc1C(F)(F)F. The van der Waals surface area contributed by atoms with Gasteiger partial charge in [0.1, 0.15) is 0 Å². The lowest BCUT2D eigenvalue weighted by molar-refractivity contribution is -0.141. The average molecular weight is 299 g/mol. The van der Waals surface area contributed by atoms with Gasteiger partial charge in [0.25, 0.3) is 0 Å². The fourth-order valence-corrected chi connectivity index (χ4v) is 1.27. The van der Waals surface area contributed by atoms with Gasteiger partial charge < -0.3 is 5.73 Å². The van der Waals surface area contributed by atoms with Crippen LogP contribution in [0, 0.1) is 0 Å². The predicted octanol–water partition coefficient (Wildman–Crippen LogP) is 2.73. The molecule has 110 valence electrons. The fraction of sp³-hybridized carbons (Fsp3) is 0.200. The van der Waals surface area contributed by atoms with Crippen LogP contribution in [0.5, 0.6) is 0 Å². The molecule has 2 amide bonds. The number of primary amides is 1. The van der Waals surface area contributed by atoms with Gasteiger partial charge in [0.15, 0.2) is 0 Å². The van der Waals surface area contributed by atoms with Crippen LogP contribution in [0.1, 0.15) is 16.7 Å². The van der Waals surface area contributed by atoms with Gasteiger partial charge in [-0.2, -0.15) is 31.4 Å². The summed E-state index contributed by atoms with van der Waals surface area (Å²) >= 11 is 0. The normalized spacial score (nSPS) is 12.7. The summed E-state index contributed by atoms with van der Waals surface area (Å²) in [6.45, 7) is 0. The highest BCUT2D eigenvalue weighted by atomic mass is 19.4. The monoisotopic (exact) mass is 299 g/mol. The maximum absolute atomic E-state index is 12.6. The van der Waals surface area contributed by atoms with Crippen molar-refractivity contribution in [2.24, 2.45) is 10.8 Å². The Morgan fingerprint density at radius 2 is 1.75 bits per heavy atom. The van der Waals surface area contributed by atoms with Crippen LogP contribution in [-0.2, 0) is 12.4 Å². The van der Waals surface area contributed by atoms with Crippen molar-refractivity contribution < 1.29 is 31.1 Å². The summed E-state index contributed by atoms with van der Waals surface area (Å²) in [6.07, 6.45) is -9.23. The van der Waals surface area contributed by atoms with Crippen molar-refractivity contribution in [3.8, 4) is 0 Å². The van der Waals surface area contributed by atoms with E-state index < -0.39 is 35.1 Å². The Labute approximate surface area is 108 Å². The van der Waals surface area contributed by atoms with Gasteiger partial charge in [0.05, 0.1) is 17.3 Å². The first kappa shape index (κ1) is 15.8. The Hall–Kier alpha value is -2.26. The van der Waals surface area contributed by atoms with Crippen molar-refractivity contribution in [2.75, 3.05) is 0 Å². The lowest BCUT2D eigenvalue weighted by Crippen LogP contribution is -2.24. The van der Waals surface area contributed by atoms with E-state index in [0.717, 1.165) is 0 Å². The third-order valence-corrected chi connectivity index (χ3v) is 2.06. The fourth-order valence-electron chi connectivity index (χ4n) is 1.27. The predicted molar refractivity (Wildman–Crippen MR) is 56.8 cm³/mol. The smallest absolute Gasteiger partial charge is 0.350 e. The number of carbonyl (C=O) groups excluding carboxylic acids is 1. The maximum Gasteiger partial charge on any atom is 0.417 e. The first-order chi connectivity index (χ1) is 9.01. The van der Waals surface area contributed by atoms with Crippen molar-refractivity contribution in [1.29, 1.82) is 0 Å². The van der Waals surface area contributed by atoms with Crippen LogP contribution < -0.4 is 11.2 Å². The highest BCUT2D eigenvalue weighted by Crippen LogP contribution is 2.35. The van der Waals surface area contributed by atoms with Crippen LogP contribution >= 0.6 is 0 Å². The molecule has 3 N–H and O–H groups in total. The molecule has 0 atom stereocenters. The third-order valence-electron chi connectivity index (χ3n) is 2.06. The molecule has 0 unspecified atom stereocenters. The summed E-state index contributed by atoms with van der Waals surface area (Å²) in [4.78, 5) is 10.3. The number of rotatable bonds is 2. The molecule has 0 saturated carbocycles. The van der Waals surface area contributed by atoms with Gasteiger partial charge in [0.2, 0.25) is 0 Å². The highest BCUT2D eigenvalue weighted by Gasteiger charge is 2.36. The first-order valence-electron chi connectivity index (χ1n) is 4.89. The standard InChI is InChI=1S/C10H7F6N3O/c11-9(12,13)6-1-2-7(10(14,15)16)5(3-6)4-18-19-8(17)20/h1-4H,(H3,17,19,20). The molecule has 1 aromatic carbocycles. The second-order valence-electron chi connectivity index (χ2n) is 3.53. The van der Waals surface area contributed by atoms with Crippen LogP contribution in [-0.4, -0.2) is 12.2 Å². The molecular weight excluding hydrogens is 292 g/mol. The van der Waals surface area contributed by atoms with Crippen LogP contribution in [0.15, 0.2) is 23.3 Å². The lowest BCUT2D eigenvalue weighted by atomic mass is 10.0. The molecule has 0 radical (unpaired) electrons. The zero-order valence-electron chi connectivity index (χ0n) is 9.51. The summed E-state index contributed by atoms with van der Waals surface area (Å²) < 4.78 is 75.1. The van der Waals surface area contributed by atoms with E-state index in [1.54, 1.807) is 5.43 Å². The van der Waals surface area contributed by atoms with E-state index in [-0.39, 0.29) is 12.1 Å². The second-order valence-corrected chi connectivity index (χ2v) is 3.53. The number of nitrogens with zero attached hydrogens (tertiary/aromatic N) is 1. The number of hydrazone groups is 1. The van der Waals surface area contributed by atoms with Gasteiger partial charge in [0, 0.05) is 5.56 Å². The van der Waals surface area contributed by atoms with E-state index in [1.165, 1.54) is 0 Å². The van der Waals surface area contributed by atoms with Crippen molar-refractivity contribution >= 4 is 12.2 Å². The second kappa shape index (κ2) is 5.39. The zero-order valence-corrected chi connectivity index (χ0v) is 9.51. The minimum absolute atomic E-state index is 0.273. The maximum atomic E-state index is 12.6. The van der Waals surface area contributed by atoms with E-state index in [9.17, 15) is 31.1 Å². The summed E-state index contributed by atoms with van der Waals surface area (Å²) in [5, 5.41) is 3.02. The summed E-state index contributed by atoms with van der Waals surface area (Å²) in [6, 6.07) is -0.299. The Morgan fingerprint density at radius 3 is 2.20 bits per heavy atom. The van der Waals surface area contributed by atoms with E-state index in [0.29, 0.717) is 12.3 Å². The molecular formula is C10H7F6N3O. The van der Waals surface area contributed by atoms with Crippen LogP contribution in [0.2, 0.25) is 0 Å². The number of nitrogens with one attached hydrogen (secondary N) is 1. The minimum atomic E-state index is -4.86. The molecule has 0 aliphatic heterocycles. The average Bonchev–Trinajstić information content (AvgIpc) is 2.25. The van der Waals surface area contributed by atoms with Crippen LogP contribution in [0.3, 0.4) is 0 Å². The molecule has 10 heteroatoms. The van der Waals surface area contributed by atoms with Crippen molar-refractivity contribution in [3.63, 3.8) is 0 Å². The quantitative estimate of drug-likeness (QED) is 0.492. The number of nitrogens with two attached hydrogens (primary N) is 1. The van der Waals surface area contributed by atoms with Crippen LogP contribution in [0.4, 0.5) is 31.1 Å². The Bertz CT molecular complexity index is 535. The molecule has 0 saturated heterocycles. The van der Waals surface area contributed by atoms with Crippen LogP contribution in [0.25, 0.3) is 0 Å². The van der Waals surface area contributed by atoms with Gasteiger partial charge in [-0.25, -0.2) is 10.2 Å². The topological polar surface area (TPSA) is 67.5 Å². The molecule has 0 aromatic heterocycles. The number of halogens is 6. The minimum Gasteiger partial charge on any atom is -0.350 e. The van der Waals surface area contributed by atoms with Crippen molar-refractivity contribution in [3.05, 3.63) is 34.9 Å². The van der Waals surface area contributed by atoms with Gasteiger partial charge >= 0.3 is 18.4 Å². The molecule has 0 bridgehead atoms. The summed E-state index contributed by atoms with van der Waals surface area (Å²) in [5.41, 5.74) is 2.77. The number of amides is 2. The molecule has 20 heavy (non-hydrogen) atoms. The molecule has 0 fully saturated rings. The summed E-state index contributed by atoms with van der Waals surface area (Å²) in [7, 11) is 0. The number of hydrogen-bond acceptors (Lipinski definition) is 2. The Balaban J connectivity index is 3.27. The van der Waals surface area contributed by atoms with Gasteiger partial charge in [-0.1, -0.05) is 0 Å². The number of carbonyl (C=O) groups is 1. The number of benzene rings is 1. The van der Waals surface area contributed by atoms with Gasteiger partial charge in [-0.3, -0.25) is 0 Å². The molecule has 0 heterocycles. The van der Waals surface area contributed by atoms with Crippen molar-refractivity contribution in [2.45, 2.75) is 12.4 Å². The third kappa shape index (κ3) is 4.14. The lowest BCUT2D eigenvalue weighted by Gasteiger charge is -2.13. The Kier molecular flexibility index (Phi) is 4.26. The van der Waals surface area contributed by atoms with Gasteiger partial charge in [-0.05, 0) is 18.2 Å². The molecule has 1 aromatic rings. The number of urea groups is 1. The molecule has 4 nitrogen and oxygen atoms in total. The molecule has 0 aliphatic carbocycles. The molecule has 0 spiro atoms.